The Morgan fingerprint density at radius 1 is 1.03 bits per heavy atom. The lowest BCUT2D eigenvalue weighted by Gasteiger charge is -2.07. The molecule has 0 aliphatic carbocycles. The van der Waals surface area contributed by atoms with Crippen LogP contribution in [-0.4, -0.2) is 23.5 Å². The summed E-state index contributed by atoms with van der Waals surface area (Å²) in [5.74, 6) is -2.01. The number of hydrazone groups is 1. The molecule has 158 valence electrons. The Morgan fingerprint density at radius 3 is 2.42 bits per heavy atom. The van der Waals surface area contributed by atoms with Gasteiger partial charge in [0, 0.05) is 10.7 Å². The molecule has 2 aromatic carbocycles. The summed E-state index contributed by atoms with van der Waals surface area (Å²) in [5, 5.41) is 6.85. The van der Waals surface area contributed by atoms with E-state index < -0.39 is 17.8 Å². The third-order valence-electron chi connectivity index (χ3n) is 4.17. The summed E-state index contributed by atoms with van der Waals surface area (Å²) in [7, 11) is 0. The van der Waals surface area contributed by atoms with Crippen molar-refractivity contribution in [3.63, 3.8) is 0 Å². The van der Waals surface area contributed by atoms with E-state index in [4.69, 9.17) is 20.8 Å². The van der Waals surface area contributed by atoms with Crippen LogP contribution in [0.25, 0.3) is 0 Å². The minimum absolute atomic E-state index is 0.0933. The quantitative estimate of drug-likeness (QED) is 0.206. The topological polar surface area (TPSA) is 110 Å². The maximum Gasteiger partial charge on any atom is 0.379 e. The number of furan rings is 1. The van der Waals surface area contributed by atoms with E-state index in [0.717, 1.165) is 5.56 Å². The van der Waals surface area contributed by atoms with E-state index in [0.29, 0.717) is 27.7 Å². The molecule has 0 saturated heterocycles. The molecule has 31 heavy (non-hydrogen) atoms. The molecule has 3 aromatic rings. The van der Waals surface area contributed by atoms with Crippen LogP contribution in [-0.2, 0) is 9.59 Å². The van der Waals surface area contributed by atoms with Crippen molar-refractivity contribution in [1.82, 2.24) is 5.43 Å². The smallest absolute Gasteiger partial charge is 0.379 e. The van der Waals surface area contributed by atoms with Crippen molar-refractivity contribution in [2.45, 2.75) is 13.8 Å². The number of anilines is 1. The number of hydrogen-bond acceptors (Lipinski definition) is 6. The summed E-state index contributed by atoms with van der Waals surface area (Å²) in [6.45, 7) is 3.48. The van der Waals surface area contributed by atoms with E-state index in [2.05, 4.69) is 15.8 Å². The molecule has 0 aliphatic rings. The fourth-order valence-electron chi connectivity index (χ4n) is 2.42. The van der Waals surface area contributed by atoms with Gasteiger partial charge >= 0.3 is 17.8 Å². The Kier molecular flexibility index (Phi) is 6.84. The maximum atomic E-state index is 12.0. The molecule has 1 aromatic heterocycles. The number of benzene rings is 2. The molecule has 0 aliphatic heterocycles. The number of nitrogens with zero attached hydrogens (tertiary/aromatic N) is 1. The lowest BCUT2D eigenvalue weighted by atomic mass is 10.1. The summed E-state index contributed by atoms with van der Waals surface area (Å²) >= 11 is 6.01. The average molecular weight is 440 g/mol. The standard InChI is InChI=1S/C22H18ClN3O5/c1-13-5-8-16(12-18(13)23)24-20(27)21(28)26-25-14(2)15-6-9-17(10-7-15)31-22(29)19-4-3-11-30-19/h3-12H,1-2H3,(H,24,27)(H,26,28)/b25-14+. The number of halogens is 1. The van der Waals surface area contributed by atoms with Gasteiger partial charge in [0.15, 0.2) is 0 Å². The number of hydrogen-bond donors (Lipinski definition) is 2. The highest BCUT2D eigenvalue weighted by Gasteiger charge is 2.14. The molecule has 0 bridgehead atoms. The van der Waals surface area contributed by atoms with Crippen LogP contribution in [0.1, 0.15) is 28.6 Å². The number of carbonyl (C=O) groups is 3. The molecular formula is C22H18ClN3O5. The predicted octanol–water partition coefficient (Wildman–Crippen LogP) is 3.94. The highest BCUT2D eigenvalue weighted by Crippen LogP contribution is 2.20. The van der Waals surface area contributed by atoms with Crippen molar-refractivity contribution in [3.8, 4) is 5.75 Å². The van der Waals surface area contributed by atoms with Crippen LogP contribution in [0, 0.1) is 6.92 Å². The second-order valence-corrected chi connectivity index (χ2v) is 6.85. The SMILES string of the molecule is C/C(=N\NC(=O)C(=O)Nc1ccc(C)c(Cl)c1)c1ccc(OC(=O)c2ccco2)cc1. The highest BCUT2D eigenvalue weighted by molar-refractivity contribution is 6.40. The van der Waals surface area contributed by atoms with Crippen molar-refractivity contribution in [3.05, 3.63) is 82.8 Å². The number of ether oxygens (including phenoxy) is 1. The third-order valence-corrected chi connectivity index (χ3v) is 4.57. The average Bonchev–Trinajstić information content (AvgIpc) is 3.30. The van der Waals surface area contributed by atoms with E-state index >= 15 is 0 Å². The normalized spacial score (nSPS) is 11.0. The Labute approximate surface area is 182 Å². The Balaban J connectivity index is 1.56. The van der Waals surface area contributed by atoms with Crippen molar-refractivity contribution in [1.29, 1.82) is 0 Å². The molecule has 0 spiro atoms. The van der Waals surface area contributed by atoms with Crippen molar-refractivity contribution < 1.29 is 23.5 Å². The molecular weight excluding hydrogens is 422 g/mol. The second-order valence-electron chi connectivity index (χ2n) is 6.45. The third kappa shape index (κ3) is 5.80. The van der Waals surface area contributed by atoms with Gasteiger partial charge < -0.3 is 14.5 Å². The molecule has 0 unspecified atom stereocenters. The fourth-order valence-corrected chi connectivity index (χ4v) is 2.61. The van der Waals surface area contributed by atoms with Crippen molar-refractivity contribution in [2.24, 2.45) is 5.10 Å². The van der Waals surface area contributed by atoms with Gasteiger partial charge in [-0.25, -0.2) is 10.2 Å². The van der Waals surface area contributed by atoms with Gasteiger partial charge in [-0.3, -0.25) is 9.59 Å². The van der Waals surface area contributed by atoms with Crippen molar-refractivity contribution in [2.75, 3.05) is 5.32 Å². The van der Waals surface area contributed by atoms with Crippen LogP contribution in [0.3, 0.4) is 0 Å². The zero-order valence-corrected chi connectivity index (χ0v) is 17.4. The molecule has 8 nitrogen and oxygen atoms in total. The van der Waals surface area contributed by atoms with E-state index in [1.807, 2.05) is 6.92 Å². The van der Waals surface area contributed by atoms with Gasteiger partial charge in [0.1, 0.15) is 5.75 Å². The first-order valence-electron chi connectivity index (χ1n) is 9.11. The molecule has 9 heteroatoms. The minimum Gasteiger partial charge on any atom is -0.457 e. The summed E-state index contributed by atoms with van der Waals surface area (Å²) < 4.78 is 10.2. The van der Waals surface area contributed by atoms with Crippen molar-refractivity contribution >= 4 is 40.8 Å². The monoisotopic (exact) mass is 439 g/mol. The Hall–Kier alpha value is -3.91. The van der Waals surface area contributed by atoms with Gasteiger partial charge in [0.25, 0.3) is 0 Å². The minimum atomic E-state index is -0.931. The molecule has 0 saturated carbocycles. The Morgan fingerprint density at radius 2 is 1.77 bits per heavy atom. The van der Waals surface area contributed by atoms with Gasteiger partial charge in [-0.1, -0.05) is 17.7 Å². The van der Waals surface area contributed by atoms with Gasteiger partial charge in [-0.15, -0.1) is 0 Å². The number of aryl methyl sites for hydroxylation is 1. The molecule has 2 N–H and O–H groups in total. The van der Waals surface area contributed by atoms with Crippen LogP contribution in [0.5, 0.6) is 5.75 Å². The molecule has 2 amide bonds. The van der Waals surface area contributed by atoms with E-state index in [1.165, 1.54) is 12.3 Å². The Bertz CT molecular complexity index is 1140. The maximum absolute atomic E-state index is 12.0. The molecule has 1 heterocycles. The van der Waals surface area contributed by atoms with E-state index in [1.54, 1.807) is 55.5 Å². The molecule has 0 radical (unpaired) electrons. The van der Waals surface area contributed by atoms with Gasteiger partial charge in [0.05, 0.1) is 12.0 Å². The number of carbonyl (C=O) groups excluding carboxylic acids is 3. The number of esters is 1. The summed E-state index contributed by atoms with van der Waals surface area (Å²) in [4.78, 5) is 35.9. The summed E-state index contributed by atoms with van der Waals surface area (Å²) in [5.41, 5.74) is 4.55. The lowest BCUT2D eigenvalue weighted by molar-refractivity contribution is -0.136. The predicted molar refractivity (Wildman–Crippen MR) is 115 cm³/mol. The first kappa shape index (κ1) is 21.8. The first-order valence-corrected chi connectivity index (χ1v) is 9.49. The summed E-state index contributed by atoms with van der Waals surface area (Å²) in [6, 6.07) is 14.5. The zero-order chi connectivity index (χ0) is 22.4. The lowest BCUT2D eigenvalue weighted by Crippen LogP contribution is -2.32. The highest BCUT2D eigenvalue weighted by atomic mass is 35.5. The van der Waals surface area contributed by atoms with Crippen LogP contribution < -0.4 is 15.5 Å². The van der Waals surface area contributed by atoms with Crippen LogP contribution in [0.15, 0.2) is 70.4 Å². The first-order chi connectivity index (χ1) is 14.8. The van der Waals surface area contributed by atoms with Crippen LogP contribution in [0.2, 0.25) is 5.02 Å². The van der Waals surface area contributed by atoms with Crippen LogP contribution in [0.4, 0.5) is 5.69 Å². The molecule has 0 atom stereocenters. The molecule has 3 rings (SSSR count). The number of amides is 2. The molecule has 0 fully saturated rings. The zero-order valence-electron chi connectivity index (χ0n) is 16.6. The number of nitrogens with one attached hydrogen (secondary N) is 2. The van der Waals surface area contributed by atoms with Crippen LogP contribution >= 0.6 is 11.6 Å². The van der Waals surface area contributed by atoms with Gasteiger partial charge in [-0.2, -0.15) is 5.10 Å². The number of rotatable bonds is 5. The van der Waals surface area contributed by atoms with E-state index in [9.17, 15) is 14.4 Å². The van der Waals surface area contributed by atoms with E-state index in [-0.39, 0.29) is 5.76 Å². The fraction of sp³-hybridized carbons (Fsp3) is 0.0909. The second kappa shape index (κ2) is 9.73. The van der Waals surface area contributed by atoms with Gasteiger partial charge in [0.2, 0.25) is 5.76 Å². The van der Waals surface area contributed by atoms with Gasteiger partial charge in [-0.05, 0) is 73.5 Å². The summed E-state index contributed by atoms with van der Waals surface area (Å²) in [6.07, 6.45) is 1.38. The largest absolute Gasteiger partial charge is 0.457 e.